The predicted octanol–water partition coefficient (Wildman–Crippen LogP) is -0.0291. The molecule has 1 rings (SSSR count). The van der Waals surface area contributed by atoms with Gasteiger partial charge in [0.2, 0.25) is 5.91 Å². The van der Waals surface area contributed by atoms with Crippen LogP contribution in [0.25, 0.3) is 0 Å². The summed E-state index contributed by atoms with van der Waals surface area (Å²) in [4.78, 5) is 37.2. The van der Waals surface area contributed by atoms with Crippen molar-refractivity contribution >= 4 is 17.9 Å². The van der Waals surface area contributed by atoms with Gasteiger partial charge in [0, 0.05) is 40.2 Å². The molecule has 1 heterocycles. The van der Waals surface area contributed by atoms with E-state index in [2.05, 4.69) is 5.32 Å². The van der Waals surface area contributed by atoms with Crippen LogP contribution in [-0.4, -0.2) is 66.5 Å². The molecule has 108 valence electrons. The van der Waals surface area contributed by atoms with E-state index in [1.54, 1.807) is 19.0 Å². The van der Waals surface area contributed by atoms with E-state index in [4.69, 9.17) is 5.11 Å². The van der Waals surface area contributed by atoms with Gasteiger partial charge in [-0.2, -0.15) is 0 Å². The maximum Gasteiger partial charge on any atom is 0.319 e. The molecule has 19 heavy (non-hydrogen) atoms. The van der Waals surface area contributed by atoms with Crippen LogP contribution >= 0.6 is 0 Å². The quantitative estimate of drug-likeness (QED) is 0.751. The van der Waals surface area contributed by atoms with Gasteiger partial charge in [-0.15, -0.1) is 0 Å². The Morgan fingerprint density at radius 1 is 1.42 bits per heavy atom. The SMILES string of the molecule is CNC(=O)CCN(C)C(=O)N1CCC[C@@H](C(=O)O)C1. The third kappa shape index (κ3) is 4.42. The first kappa shape index (κ1) is 15.3. The van der Waals surface area contributed by atoms with E-state index in [1.165, 1.54) is 4.90 Å². The van der Waals surface area contributed by atoms with Crippen molar-refractivity contribution in [3.8, 4) is 0 Å². The fourth-order valence-corrected chi connectivity index (χ4v) is 2.08. The summed E-state index contributed by atoms with van der Waals surface area (Å²) in [5.41, 5.74) is 0. The number of urea groups is 1. The van der Waals surface area contributed by atoms with Gasteiger partial charge in [0.1, 0.15) is 0 Å². The molecule has 7 heteroatoms. The normalized spacial score (nSPS) is 18.8. The zero-order valence-electron chi connectivity index (χ0n) is 11.4. The minimum Gasteiger partial charge on any atom is -0.481 e. The van der Waals surface area contributed by atoms with Crippen LogP contribution in [0.5, 0.6) is 0 Å². The van der Waals surface area contributed by atoms with E-state index < -0.39 is 11.9 Å². The van der Waals surface area contributed by atoms with Gasteiger partial charge in [0.15, 0.2) is 0 Å². The monoisotopic (exact) mass is 271 g/mol. The number of hydrogen-bond donors (Lipinski definition) is 2. The lowest BCUT2D eigenvalue weighted by Crippen LogP contribution is -2.48. The van der Waals surface area contributed by atoms with Crippen LogP contribution in [-0.2, 0) is 9.59 Å². The molecule has 0 aromatic rings. The van der Waals surface area contributed by atoms with E-state index in [0.29, 0.717) is 25.9 Å². The van der Waals surface area contributed by atoms with Crippen molar-refractivity contribution in [2.75, 3.05) is 33.7 Å². The summed E-state index contributed by atoms with van der Waals surface area (Å²) in [5.74, 6) is -1.46. The molecule has 0 saturated carbocycles. The Morgan fingerprint density at radius 3 is 2.68 bits per heavy atom. The van der Waals surface area contributed by atoms with Crippen LogP contribution < -0.4 is 5.32 Å². The van der Waals surface area contributed by atoms with Crippen LogP contribution in [0.1, 0.15) is 19.3 Å². The summed E-state index contributed by atoms with van der Waals surface area (Å²) < 4.78 is 0. The van der Waals surface area contributed by atoms with Crippen LogP contribution in [0.4, 0.5) is 4.79 Å². The number of carbonyl (C=O) groups is 3. The Bertz CT molecular complexity index is 359. The fourth-order valence-electron chi connectivity index (χ4n) is 2.08. The largest absolute Gasteiger partial charge is 0.481 e. The molecule has 0 aromatic heterocycles. The maximum atomic E-state index is 12.1. The second-order valence-corrected chi connectivity index (χ2v) is 4.75. The first-order valence-electron chi connectivity index (χ1n) is 6.39. The molecule has 2 N–H and O–H groups in total. The third-order valence-corrected chi connectivity index (χ3v) is 3.32. The van der Waals surface area contributed by atoms with E-state index in [0.717, 1.165) is 0 Å². The van der Waals surface area contributed by atoms with Gasteiger partial charge in [0.05, 0.1) is 5.92 Å². The van der Waals surface area contributed by atoms with E-state index >= 15 is 0 Å². The number of carboxylic acid groups (broad SMARTS) is 1. The van der Waals surface area contributed by atoms with Gasteiger partial charge in [-0.05, 0) is 12.8 Å². The number of nitrogens with one attached hydrogen (secondary N) is 1. The lowest BCUT2D eigenvalue weighted by molar-refractivity contribution is -0.143. The highest BCUT2D eigenvalue weighted by molar-refractivity contribution is 5.78. The molecule has 7 nitrogen and oxygen atoms in total. The van der Waals surface area contributed by atoms with Crippen LogP contribution in [0.2, 0.25) is 0 Å². The zero-order chi connectivity index (χ0) is 14.4. The Labute approximate surface area is 112 Å². The summed E-state index contributed by atoms with van der Waals surface area (Å²) in [7, 11) is 3.17. The van der Waals surface area contributed by atoms with Crippen molar-refractivity contribution in [3.05, 3.63) is 0 Å². The van der Waals surface area contributed by atoms with Gasteiger partial charge in [0.25, 0.3) is 0 Å². The van der Waals surface area contributed by atoms with Gasteiger partial charge in [-0.25, -0.2) is 4.79 Å². The van der Waals surface area contributed by atoms with Crippen molar-refractivity contribution in [2.24, 2.45) is 5.92 Å². The fraction of sp³-hybridized carbons (Fsp3) is 0.750. The average Bonchev–Trinajstić information content (AvgIpc) is 2.43. The number of aliphatic carboxylic acids is 1. The molecule has 0 aliphatic carbocycles. The molecule has 3 amide bonds. The van der Waals surface area contributed by atoms with Gasteiger partial charge >= 0.3 is 12.0 Å². The van der Waals surface area contributed by atoms with Crippen molar-refractivity contribution in [1.82, 2.24) is 15.1 Å². The van der Waals surface area contributed by atoms with Crippen LogP contribution in [0.3, 0.4) is 0 Å². The van der Waals surface area contributed by atoms with Crippen molar-refractivity contribution in [2.45, 2.75) is 19.3 Å². The molecule has 1 saturated heterocycles. The average molecular weight is 271 g/mol. The van der Waals surface area contributed by atoms with Crippen molar-refractivity contribution < 1.29 is 19.5 Å². The van der Waals surface area contributed by atoms with E-state index in [1.807, 2.05) is 0 Å². The number of nitrogens with zero attached hydrogens (tertiary/aromatic N) is 2. The first-order chi connectivity index (χ1) is 8.95. The molecule has 1 atom stereocenters. The molecular weight excluding hydrogens is 250 g/mol. The summed E-state index contributed by atoms with van der Waals surface area (Å²) in [6, 6.07) is -0.213. The Balaban J connectivity index is 2.47. The predicted molar refractivity (Wildman–Crippen MR) is 68.6 cm³/mol. The zero-order valence-corrected chi connectivity index (χ0v) is 11.4. The molecular formula is C12H21N3O4. The number of carboxylic acids is 1. The molecule has 1 aliphatic heterocycles. The highest BCUT2D eigenvalue weighted by Crippen LogP contribution is 2.17. The molecule has 0 unspecified atom stereocenters. The molecule has 0 bridgehead atoms. The Hall–Kier alpha value is -1.79. The van der Waals surface area contributed by atoms with Crippen LogP contribution in [0, 0.1) is 5.92 Å². The number of likely N-dealkylation sites (tertiary alicyclic amines) is 1. The van der Waals surface area contributed by atoms with Crippen LogP contribution in [0.15, 0.2) is 0 Å². The molecule has 0 aromatic carbocycles. The minimum atomic E-state index is -0.856. The second kappa shape index (κ2) is 6.96. The van der Waals surface area contributed by atoms with E-state index in [-0.39, 0.29) is 24.9 Å². The minimum absolute atomic E-state index is 0.123. The number of carbonyl (C=O) groups excluding carboxylic acids is 2. The lowest BCUT2D eigenvalue weighted by Gasteiger charge is -2.33. The highest BCUT2D eigenvalue weighted by atomic mass is 16.4. The second-order valence-electron chi connectivity index (χ2n) is 4.75. The van der Waals surface area contributed by atoms with E-state index in [9.17, 15) is 14.4 Å². The third-order valence-electron chi connectivity index (χ3n) is 3.32. The van der Waals surface area contributed by atoms with Crippen molar-refractivity contribution in [3.63, 3.8) is 0 Å². The Morgan fingerprint density at radius 2 is 2.11 bits per heavy atom. The summed E-state index contributed by atoms with van der Waals surface area (Å²) >= 11 is 0. The van der Waals surface area contributed by atoms with Gasteiger partial charge in [-0.3, -0.25) is 9.59 Å². The standard InChI is InChI=1S/C12H21N3O4/c1-13-10(16)5-7-14(2)12(19)15-6-3-4-9(8-15)11(17)18/h9H,3-8H2,1-2H3,(H,13,16)(H,17,18)/t9-/m1/s1. The smallest absolute Gasteiger partial charge is 0.319 e. The maximum absolute atomic E-state index is 12.1. The van der Waals surface area contributed by atoms with Crippen molar-refractivity contribution in [1.29, 1.82) is 0 Å². The number of rotatable bonds is 4. The Kier molecular flexibility index (Phi) is 5.59. The number of piperidine rings is 1. The lowest BCUT2D eigenvalue weighted by atomic mass is 9.99. The molecule has 0 radical (unpaired) electrons. The summed E-state index contributed by atoms with van der Waals surface area (Å²) in [6.07, 6.45) is 1.56. The first-order valence-corrected chi connectivity index (χ1v) is 6.39. The molecule has 1 fully saturated rings. The summed E-state index contributed by atoms with van der Waals surface area (Å²) in [5, 5.41) is 11.5. The highest BCUT2D eigenvalue weighted by Gasteiger charge is 2.29. The van der Waals surface area contributed by atoms with Gasteiger partial charge in [-0.1, -0.05) is 0 Å². The molecule has 1 aliphatic rings. The number of amides is 3. The number of hydrogen-bond acceptors (Lipinski definition) is 3. The van der Waals surface area contributed by atoms with Gasteiger partial charge < -0.3 is 20.2 Å². The summed E-state index contributed by atoms with van der Waals surface area (Å²) in [6.45, 7) is 1.15. The molecule has 0 spiro atoms. The topological polar surface area (TPSA) is 90.0 Å².